The van der Waals surface area contributed by atoms with Gasteiger partial charge in [0.2, 0.25) is 11.7 Å². The van der Waals surface area contributed by atoms with Crippen LogP contribution < -0.4 is 25.8 Å². The van der Waals surface area contributed by atoms with E-state index in [-0.39, 0.29) is 11.7 Å². The van der Waals surface area contributed by atoms with E-state index in [2.05, 4.69) is 25.4 Å². The molecule has 5 heterocycles. The minimum absolute atomic E-state index is 0.0848. The first-order valence-electron chi connectivity index (χ1n) is 13.5. The number of nitrogens with one attached hydrogen (secondary N) is 2. The highest BCUT2D eigenvalue weighted by Crippen LogP contribution is 2.45. The molecule has 2 aromatic heterocycles. The van der Waals surface area contributed by atoms with Crippen LogP contribution in [0, 0.1) is 5.92 Å². The fourth-order valence-electron chi connectivity index (χ4n) is 6.19. The number of aryl methyl sites for hydroxylation is 1. The van der Waals surface area contributed by atoms with Gasteiger partial charge in [0.05, 0.1) is 23.4 Å². The van der Waals surface area contributed by atoms with Crippen molar-refractivity contribution in [3.05, 3.63) is 39.8 Å². The quantitative estimate of drug-likeness (QED) is 0.493. The summed E-state index contributed by atoms with van der Waals surface area (Å²) in [5.74, 6) is -2.26. The second kappa shape index (κ2) is 9.19. The highest BCUT2D eigenvalue weighted by molar-refractivity contribution is 6.33. The summed E-state index contributed by atoms with van der Waals surface area (Å²) in [5, 5.41) is 7.27. The molecule has 206 valence electrons. The predicted octanol–water partition coefficient (Wildman–Crippen LogP) is 4.23. The zero-order valence-electron chi connectivity index (χ0n) is 21.6. The van der Waals surface area contributed by atoms with Gasteiger partial charge in [0.25, 0.3) is 5.56 Å². The Balaban J connectivity index is 1.24. The normalized spacial score (nSPS) is 24.5. The Labute approximate surface area is 229 Å². The summed E-state index contributed by atoms with van der Waals surface area (Å²) in [6.07, 6.45) is 5.46. The van der Waals surface area contributed by atoms with Crippen molar-refractivity contribution in [2.24, 2.45) is 13.0 Å². The number of hydrogen-bond acceptors (Lipinski definition) is 8. The molecule has 1 aromatic carbocycles. The van der Waals surface area contributed by atoms with Gasteiger partial charge >= 0.3 is 5.92 Å². The van der Waals surface area contributed by atoms with Crippen LogP contribution in [0.4, 0.5) is 31.9 Å². The summed E-state index contributed by atoms with van der Waals surface area (Å²) in [6.45, 7) is 3.05. The number of nitrogens with zero attached hydrogens (tertiary/aromatic N) is 5. The Morgan fingerprint density at radius 3 is 2.87 bits per heavy atom. The third kappa shape index (κ3) is 4.35. The summed E-state index contributed by atoms with van der Waals surface area (Å²) in [4.78, 5) is 27.0. The van der Waals surface area contributed by atoms with Crippen LogP contribution in [0.15, 0.2) is 29.2 Å². The van der Waals surface area contributed by atoms with Crippen molar-refractivity contribution in [2.75, 3.05) is 48.3 Å². The van der Waals surface area contributed by atoms with Crippen LogP contribution in [-0.2, 0) is 7.05 Å². The van der Waals surface area contributed by atoms with Crippen molar-refractivity contribution in [3.63, 3.8) is 0 Å². The van der Waals surface area contributed by atoms with Crippen molar-refractivity contribution in [1.29, 1.82) is 0 Å². The standard InChI is InChI=1S/C27H30ClF2N7O2/c1-35-20-7-6-16(11-18(20)21-22(25(35)38)39-14-27(29,30)23(33-21)15-4-5-15)32-24-19(28)12-31-26(34-24)37-10-9-36-8-2-3-17(36)13-37/h6-7,11-12,15,17,23,33H,2-5,8-10,13-14H2,1H3,(H,31,32,34)/t17-,23-/m0/s1. The number of piperazine rings is 1. The average Bonchev–Trinajstić information content (AvgIpc) is 3.67. The van der Waals surface area contributed by atoms with E-state index in [0.29, 0.717) is 45.1 Å². The van der Waals surface area contributed by atoms with Crippen molar-refractivity contribution < 1.29 is 13.5 Å². The number of pyridine rings is 1. The summed E-state index contributed by atoms with van der Waals surface area (Å²) < 4.78 is 36.8. The average molecular weight is 558 g/mol. The number of anilines is 4. The summed E-state index contributed by atoms with van der Waals surface area (Å²) in [5.41, 5.74) is 1.10. The summed E-state index contributed by atoms with van der Waals surface area (Å²) in [7, 11) is 1.61. The molecule has 0 radical (unpaired) electrons. The van der Waals surface area contributed by atoms with E-state index in [1.165, 1.54) is 17.4 Å². The molecule has 3 fully saturated rings. The zero-order valence-corrected chi connectivity index (χ0v) is 22.3. The largest absolute Gasteiger partial charge is 0.480 e. The smallest absolute Gasteiger partial charge is 0.301 e. The lowest BCUT2D eigenvalue weighted by molar-refractivity contribution is -0.0579. The monoisotopic (exact) mass is 557 g/mol. The number of alkyl halides is 2. The first-order chi connectivity index (χ1) is 18.8. The van der Waals surface area contributed by atoms with E-state index in [1.54, 1.807) is 19.3 Å². The van der Waals surface area contributed by atoms with Gasteiger partial charge in [-0.25, -0.2) is 13.8 Å². The molecule has 4 aliphatic rings. The Hall–Kier alpha value is -3.18. The molecular formula is C27H30ClF2N7O2. The molecule has 3 aliphatic heterocycles. The molecular weight excluding hydrogens is 528 g/mol. The molecule has 9 nitrogen and oxygen atoms in total. The van der Waals surface area contributed by atoms with Crippen LogP contribution in [0.1, 0.15) is 25.7 Å². The van der Waals surface area contributed by atoms with E-state index in [4.69, 9.17) is 21.3 Å². The zero-order chi connectivity index (χ0) is 26.9. The Morgan fingerprint density at radius 2 is 2.05 bits per heavy atom. The lowest BCUT2D eigenvalue weighted by Gasteiger charge is -2.37. The molecule has 0 bridgehead atoms. The topological polar surface area (TPSA) is 87.6 Å². The van der Waals surface area contributed by atoms with Crippen molar-refractivity contribution in [3.8, 4) is 5.75 Å². The van der Waals surface area contributed by atoms with Crippen LogP contribution in [0.2, 0.25) is 5.02 Å². The molecule has 39 heavy (non-hydrogen) atoms. The second-order valence-corrected chi connectivity index (χ2v) is 11.5. The third-order valence-electron chi connectivity index (χ3n) is 8.47. The second-order valence-electron chi connectivity index (χ2n) is 11.1. The van der Waals surface area contributed by atoms with Crippen LogP contribution in [-0.4, -0.2) is 70.2 Å². The number of benzene rings is 1. The Morgan fingerprint density at radius 1 is 1.21 bits per heavy atom. The number of rotatable bonds is 4. The van der Waals surface area contributed by atoms with E-state index in [0.717, 1.165) is 39.0 Å². The molecule has 12 heteroatoms. The number of halogens is 3. The summed E-state index contributed by atoms with van der Waals surface area (Å²) in [6, 6.07) is 4.84. The molecule has 2 N–H and O–H groups in total. The number of aromatic nitrogens is 3. The number of ether oxygens (including phenoxy) is 1. The van der Waals surface area contributed by atoms with Crippen molar-refractivity contribution in [2.45, 2.75) is 43.7 Å². The van der Waals surface area contributed by atoms with Crippen LogP contribution in [0.3, 0.4) is 0 Å². The van der Waals surface area contributed by atoms with Crippen LogP contribution >= 0.6 is 11.6 Å². The third-order valence-corrected chi connectivity index (χ3v) is 8.75. The van der Waals surface area contributed by atoms with E-state index in [9.17, 15) is 13.6 Å². The number of hydrogen-bond donors (Lipinski definition) is 2. The molecule has 7 rings (SSSR count). The first-order valence-corrected chi connectivity index (χ1v) is 13.9. The maximum Gasteiger partial charge on any atom is 0.301 e. The molecule has 2 atom stereocenters. The Bertz CT molecular complexity index is 1510. The fourth-order valence-corrected chi connectivity index (χ4v) is 6.33. The molecule has 3 aromatic rings. The SMILES string of the molecule is Cn1c(=O)c2c(c3cc(Nc4nc(N5CCN6CCC[C@H]6C5)ncc4Cl)ccc31)N[C@@H](C1CC1)C(F)(F)CO2. The first kappa shape index (κ1) is 24.8. The highest BCUT2D eigenvalue weighted by Gasteiger charge is 2.51. The van der Waals surface area contributed by atoms with Gasteiger partial charge in [0.1, 0.15) is 5.02 Å². The maximum atomic E-state index is 14.9. The highest BCUT2D eigenvalue weighted by atomic mass is 35.5. The van der Waals surface area contributed by atoms with Crippen LogP contribution in [0.25, 0.3) is 10.9 Å². The van der Waals surface area contributed by atoms with Crippen LogP contribution in [0.5, 0.6) is 5.75 Å². The predicted molar refractivity (Wildman–Crippen MR) is 147 cm³/mol. The van der Waals surface area contributed by atoms with Gasteiger partial charge in [-0.05, 0) is 56.3 Å². The van der Waals surface area contributed by atoms with Gasteiger partial charge in [-0.2, -0.15) is 4.98 Å². The van der Waals surface area contributed by atoms with Gasteiger partial charge in [-0.1, -0.05) is 11.6 Å². The minimum atomic E-state index is -3.09. The molecule has 1 aliphatic carbocycles. The van der Waals surface area contributed by atoms with Gasteiger partial charge in [0, 0.05) is 43.8 Å². The Kier molecular flexibility index (Phi) is 5.85. The van der Waals surface area contributed by atoms with Gasteiger partial charge in [0.15, 0.2) is 12.4 Å². The van der Waals surface area contributed by atoms with Gasteiger partial charge < -0.3 is 24.8 Å². The van der Waals surface area contributed by atoms with Gasteiger partial charge in [-0.15, -0.1) is 0 Å². The van der Waals surface area contributed by atoms with Crippen molar-refractivity contribution in [1.82, 2.24) is 19.4 Å². The van der Waals surface area contributed by atoms with Crippen molar-refractivity contribution >= 4 is 45.6 Å². The van der Waals surface area contributed by atoms with Gasteiger partial charge in [-0.3, -0.25) is 9.69 Å². The molecule has 0 unspecified atom stereocenters. The van der Waals surface area contributed by atoms with E-state index >= 15 is 0 Å². The molecule has 0 spiro atoms. The molecule has 1 saturated carbocycles. The minimum Gasteiger partial charge on any atom is -0.480 e. The number of fused-ring (bicyclic) bond motifs is 4. The van der Waals surface area contributed by atoms with E-state index < -0.39 is 24.1 Å². The van der Waals surface area contributed by atoms with E-state index in [1.807, 2.05) is 12.1 Å². The molecule has 0 amide bonds. The molecule has 2 saturated heterocycles. The lowest BCUT2D eigenvalue weighted by Crippen LogP contribution is -2.50. The fraction of sp³-hybridized carbons (Fsp3) is 0.519. The maximum absolute atomic E-state index is 14.9. The summed E-state index contributed by atoms with van der Waals surface area (Å²) >= 11 is 6.49. The lowest BCUT2D eigenvalue weighted by atomic mass is 10.0.